The summed E-state index contributed by atoms with van der Waals surface area (Å²) in [6, 6.07) is 6.18. The normalized spacial score (nSPS) is 11.4. The number of aryl methyl sites for hydroxylation is 1. The number of carbonyl (C=O) groups is 2. The first-order valence-electron chi connectivity index (χ1n) is 10.3. The predicted molar refractivity (Wildman–Crippen MR) is 129 cm³/mol. The highest BCUT2D eigenvalue weighted by atomic mass is 32.2. The lowest BCUT2D eigenvalue weighted by Crippen LogP contribution is -2.22. The molecule has 34 heavy (non-hydrogen) atoms. The van der Waals surface area contributed by atoms with Gasteiger partial charge >= 0.3 is 17.6 Å². The summed E-state index contributed by atoms with van der Waals surface area (Å²) in [6.07, 6.45) is 0.111. The highest BCUT2D eigenvalue weighted by Crippen LogP contribution is 2.37. The topological polar surface area (TPSA) is 134 Å². The molecule has 0 fully saturated rings. The van der Waals surface area contributed by atoms with Gasteiger partial charge < -0.3 is 9.47 Å². The number of imidazole rings is 1. The van der Waals surface area contributed by atoms with Gasteiger partial charge in [0.25, 0.3) is 10.0 Å². The van der Waals surface area contributed by atoms with E-state index in [0.29, 0.717) is 9.96 Å². The molecule has 1 aromatic carbocycles. The summed E-state index contributed by atoms with van der Waals surface area (Å²) < 4.78 is 39.8. The van der Waals surface area contributed by atoms with Crippen molar-refractivity contribution in [3.8, 4) is 5.69 Å². The van der Waals surface area contributed by atoms with Crippen LogP contribution in [0.15, 0.2) is 43.5 Å². The summed E-state index contributed by atoms with van der Waals surface area (Å²) >= 11 is 2.33. The van der Waals surface area contributed by atoms with E-state index in [1.165, 1.54) is 29.3 Å². The Hall–Kier alpha value is -2.90. The van der Waals surface area contributed by atoms with Gasteiger partial charge in [0.15, 0.2) is 5.82 Å². The molecule has 1 aromatic rings. The number of hydrogen-bond acceptors (Lipinski definition) is 10. The smallest absolute Gasteiger partial charge is 0.356 e. The van der Waals surface area contributed by atoms with E-state index in [0.717, 1.165) is 21.5 Å². The molecule has 0 amide bonds. The fourth-order valence-corrected chi connectivity index (χ4v) is 6.09. The van der Waals surface area contributed by atoms with Crippen LogP contribution < -0.4 is 10.4 Å². The van der Waals surface area contributed by atoms with Gasteiger partial charge in [-0.25, -0.2) is 22.6 Å². The largest absolute Gasteiger partial charge is 0.466 e. The van der Waals surface area contributed by atoms with Crippen molar-refractivity contribution in [3.63, 3.8) is 0 Å². The SMILES string of the molecule is CCOC(=O)CCSc1scc(C(=O)OCC)n2c(=O)nc(NS(=O)(=O)c3ccc(C)cc3)c1-2. The third-order valence-corrected chi connectivity index (χ3v) is 8.06. The molecule has 0 aromatic heterocycles. The molecule has 0 aliphatic carbocycles. The van der Waals surface area contributed by atoms with Gasteiger partial charge in [-0.1, -0.05) is 17.7 Å². The van der Waals surface area contributed by atoms with Crippen LogP contribution in [0.1, 0.15) is 36.3 Å². The van der Waals surface area contributed by atoms with Gasteiger partial charge in [0.05, 0.1) is 28.7 Å². The van der Waals surface area contributed by atoms with Gasteiger partial charge in [-0.15, -0.1) is 23.1 Å². The van der Waals surface area contributed by atoms with Crippen molar-refractivity contribution in [2.75, 3.05) is 23.7 Å². The molecular formula is C21H23N3O7S3. The van der Waals surface area contributed by atoms with E-state index in [9.17, 15) is 22.8 Å². The molecule has 13 heteroatoms. The Bertz CT molecular complexity index is 1310. The van der Waals surface area contributed by atoms with Crippen LogP contribution in [0.25, 0.3) is 5.69 Å². The highest BCUT2D eigenvalue weighted by molar-refractivity contribution is 8.01. The molecular weight excluding hydrogens is 502 g/mol. The lowest BCUT2D eigenvalue weighted by atomic mass is 10.2. The van der Waals surface area contributed by atoms with Gasteiger partial charge in [-0.3, -0.25) is 9.52 Å². The Kier molecular flexibility index (Phi) is 8.33. The van der Waals surface area contributed by atoms with E-state index < -0.39 is 21.7 Å². The fourth-order valence-electron chi connectivity index (χ4n) is 2.91. The molecule has 3 rings (SSSR count). The van der Waals surface area contributed by atoms with Crippen molar-refractivity contribution in [3.05, 3.63) is 51.4 Å². The third kappa shape index (κ3) is 5.77. The second kappa shape index (κ2) is 11.0. The number of anilines is 1. The Morgan fingerprint density at radius 1 is 1.15 bits per heavy atom. The molecule has 2 aliphatic heterocycles. The highest BCUT2D eigenvalue weighted by Gasteiger charge is 2.29. The van der Waals surface area contributed by atoms with Crippen LogP contribution in [0, 0.1) is 6.92 Å². The Morgan fingerprint density at radius 3 is 2.47 bits per heavy atom. The van der Waals surface area contributed by atoms with E-state index in [1.807, 2.05) is 6.92 Å². The predicted octanol–water partition coefficient (Wildman–Crippen LogP) is 3.06. The minimum absolute atomic E-state index is 0.00608. The number of thioether (sulfide) groups is 1. The first-order chi connectivity index (χ1) is 16.2. The Balaban J connectivity index is 2.03. The van der Waals surface area contributed by atoms with Gasteiger partial charge in [0.1, 0.15) is 11.4 Å². The Labute approximate surface area is 204 Å². The van der Waals surface area contributed by atoms with Crippen LogP contribution >= 0.6 is 23.1 Å². The molecule has 0 saturated heterocycles. The molecule has 0 bridgehead atoms. The third-order valence-electron chi connectivity index (χ3n) is 4.45. The van der Waals surface area contributed by atoms with E-state index in [-0.39, 0.29) is 47.7 Å². The molecule has 0 radical (unpaired) electrons. The summed E-state index contributed by atoms with van der Waals surface area (Å²) in [5, 5.41) is 1.44. The van der Waals surface area contributed by atoms with Crippen LogP contribution in [0.3, 0.4) is 0 Å². The van der Waals surface area contributed by atoms with E-state index in [4.69, 9.17) is 9.47 Å². The van der Waals surface area contributed by atoms with Crippen LogP contribution in [0.5, 0.6) is 0 Å². The number of carbonyl (C=O) groups excluding carboxylic acids is 2. The van der Waals surface area contributed by atoms with Crippen molar-refractivity contribution in [1.82, 2.24) is 9.55 Å². The number of ether oxygens (including phenoxy) is 2. The van der Waals surface area contributed by atoms with Crippen molar-refractivity contribution in [2.24, 2.45) is 0 Å². The lowest BCUT2D eigenvalue weighted by molar-refractivity contribution is -0.142. The second-order valence-electron chi connectivity index (χ2n) is 6.88. The first kappa shape index (κ1) is 25.7. The first-order valence-corrected chi connectivity index (χ1v) is 13.6. The average molecular weight is 526 g/mol. The molecule has 2 aliphatic rings. The molecule has 0 saturated carbocycles. The van der Waals surface area contributed by atoms with Crippen molar-refractivity contribution in [2.45, 2.75) is 36.3 Å². The molecule has 0 atom stereocenters. The van der Waals surface area contributed by atoms with Crippen LogP contribution in [-0.2, 0) is 24.3 Å². The minimum atomic E-state index is -4.07. The number of hydrogen-bond donors (Lipinski definition) is 1. The summed E-state index contributed by atoms with van der Waals surface area (Å²) in [5.74, 6) is -1.02. The number of esters is 2. The maximum Gasteiger partial charge on any atom is 0.356 e. The van der Waals surface area contributed by atoms with Gasteiger partial charge in [-0.05, 0) is 32.9 Å². The number of aromatic nitrogens is 2. The van der Waals surface area contributed by atoms with Crippen LogP contribution in [0.2, 0.25) is 0 Å². The number of sulfonamides is 1. The van der Waals surface area contributed by atoms with Gasteiger partial charge in [0.2, 0.25) is 0 Å². The summed E-state index contributed by atoms with van der Waals surface area (Å²) in [6.45, 7) is 5.52. The van der Waals surface area contributed by atoms with Crippen molar-refractivity contribution >= 4 is 50.9 Å². The minimum Gasteiger partial charge on any atom is -0.466 e. The standard InChI is InChI=1S/C21H23N3O7S3/c1-4-30-16(25)10-11-32-20-17-18(23-34(28,29)14-8-6-13(3)7-9-14)22-21(27)24(17)15(12-33-20)19(26)31-5-2/h6-9,12H,4-5,10-11H2,1-3H3,(H,22,23,27). The Morgan fingerprint density at radius 2 is 1.82 bits per heavy atom. The summed E-state index contributed by atoms with van der Waals surface area (Å²) in [5.41, 5.74) is 0.0917. The number of rotatable bonds is 10. The van der Waals surface area contributed by atoms with Gasteiger partial charge in [0, 0.05) is 11.1 Å². The van der Waals surface area contributed by atoms with E-state index in [1.54, 1.807) is 26.0 Å². The van der Waals surface area contributed by atoms with Crippen molar-refractivity contribution in [1.29, 1.82) is 0 Å². The van der Waals surface area contributed by atoms with Crippen LogP contribution in [0.4, 0.5) is 5.82 Å². The average Bonchev–Trinajstić information content (AvgIpc) is 3.10. The zero-order valence-electron chi connectivity index (χ0n) is 18.7. The van der Waals surface area contributed by atoms with E-state index in [2.05, 4.69) is 9.71 Å². The van der Waals surface area contributed by atoms with E-state index >= 15 is 0 Å². The maximum absolute atomic E-state index is 13.0. The zero-order chi connectivity index (χ0) is 24.9. The second-order valence-corrected chi connectivity index (χ2v) is 10.8. The molecule has 10 nitrogen and oxygen atoms in total. The molecule has 0 spiro atoms. The fraction of sp³-hybridized carbons (Fsp3) is 0.333. The number of nitrogens with zero attached hydrogens (tertiary/aromatic N) is 2. The molecule has 2 heterocycles. The quantitative estimate of drug-likeness (QED) is 0.313. The zero-order valence-corrected chi connectivity index (χ0v) is 21.1. The molecule has 1 N–H and O–H groups in total. The molecule has 182 valence electrons. The maximum atomic E-state index is 13.0. The molecule has 0 unspecified atom stereocenters. The number of benzene rings is 1. The summed E-state index contributed by atoms with van der Waals surface area (Å²) in [7, 11) is -4.07. The van der Waals surface area contributed by atoms with Crippen molar-refractivity contribution < 1.29 is 27.5 Å². The monoisotopic (exact) mass is 525 g/mol. The van der Waals surface area contributed by atoms with Crippen LogP contribution in [-0.4, -0.2) is 48.9 Å². The number of fused-ring (bicyclic) bond motifs is 1. The summed E-state index contributed by atoms with van der Waals surface area (Å²) in [4.78, 5) is 40.7. The lowest BCUT2D eigenvalue weighted by Gasteiger charge is -2.14. The van der Waals surface area contributed by atoms with Gasteiger partial charge in [-0.2, -0.15) is 4.98 Å². The number of nitrogens with one attached hydrogen (secondary N) is 1.